The first kappa shape index (κ1) is 14.8. The van der Waals surface area contributed by atoms with Crippen LogP contribution in [0, 0.1) is 13.8 Å². The van der Waals surface area contributed by atoms with Crippen molar-refractivity contribution in [2.45, 2.75) is 13.8 Å². The molecule has 2 N–H and O–H groups in total. The number of hydrogen-bond donors (Lipinski definition) is 2. The monoisotopic (exact) mass is 309 g/mol. The lowest BCUT2D eigenvalue weighted by Crippen LogP contribution is -2.15. The van der Waals surface area contributed by atoms with Gasteiger partial charge in [-0.25, -0.2) is 9.78 Å². The summed E-state index contributed by atoms with van der Waals surface area (Å²) >= 11 is 0. The van der Waals surface area contributed by atoms with Gasteiger partial charge in [0, 0.05) is 11.9 Å². The van der Waals surface area contributed by atoms with Crippen LogP contribution < -0.4 is 5.32 Å². The van der Waals surface area contributed by atoms with Crippen LogP contribution in [0.3, 0.4) is 0 Å². The number of anilines is 1. The molecular formula is C17H15N3O3. The van der Waals surface area contributed by atoms with Crippen molar-refractivity contribution in [1.29, 1.82) is 0 Å². The third kappa shape index (κ3) is 2.66. The predicted octanol–water partition coefficient (Wildman–Crippen LogP) is 2.90. The van der Waals surface area contributed by atoms with Gasteiger partial charge in [0.1, 0.15) is 11.3 Å². The first-order valence-corrected chi connectivity index (χ1v) is 7.06. The third-order valence-electron chi connectivity index (χ3n) is 3.62. The number of pyridine rings is 1. The van der Waals surface area contributed by atoms with Gasteiger partial charge in [0.15, 0.2) is 0 Å². The van der Waals surface area contributed by atoms with E-state index in [0.29, 0.717) is 17.1 Å². The first-order chi connectivity index (χ1) is 11.0. The Balaban J connectivity index is 1.93. The highest BCUT2D eigenvalue weighted by Crippen LogP contribution is 2.17. The number of aromatic nitrogens is 2. The smallest absolute Gasteiger partial charge is 0.335 e. The average Bonchev–Trinajstić information content (AvgIpc) is 2.85. The van der Waals surface area contributed by atoms with Crippen molar-refractivity contribution >= 4 is 23.2 Å². The molecule has 0 aliphatic heterocycles. The van der Waals surface area contributed by atoms with Gasteiger partial charge < -0.3 is 10.4 Å². The molecule has 0 aliphatic carbocycles. The highest BCUT2D eigenvalue weighted by molar-refractivity contribution is 6.04. The Morgan fingerprint density at radius 2 is 1.83 bits per heavy atom. The summed E-state index contributed by atoms with van der Waals surface area (Å²) in [4.78, 5) is 27.8. The van der Waals surface area contributed by atoms with Crippen molar-refractivity contribution < 1.29 is 14.7 Å². The van der Waals surface area contributed by atoms with E-state index in [-0.39, 0.29) is 11.5 Å². The van der Waals surface area contributed by atoms with Crippen LogP contribution in [-0.4, -0.2) is 26.4 Å². The number of nitrogens with zero attached hydrogens (tertiary/aromatic N) is 2. The lowest BCUT2D eigenvalue weighted by molar-refractivity contribution is 0.0696. The molecule has 6 nitrogen and oxygen atoms in total. The maximum atomic E-state index is 12.6. The van der Waals surface area contributed by atoms with E-state index in [0.717, 1.165) is 11.2 Å². The SMILES string of the molecule is Cc1nc2c(C)cccn2c1C(=O)Nc1ccc(C(=O)O)cc1. The molecule has 1 amide bonds. The summed E-state index contributed by atoms with van der Waals surface area (Å²) in [6, 6.07) is 9.82. The maximum absolute atomic E-state index is 12.6. The van der Waals surface area contributed by atoms with Crippen LogP contribution in [0.15, 0.2) is 42.6 Å². The van der Waals surface area contributed by atoms with Crippen molar-refractivity contribution in [3.63, 3.8) is 0 Å². The molecular weight excluding hydrogens is 294 g/mol. The Morgan fingerprint density at radius 1 is 1.13 bits per heavy atom. The molecule has 2 heterocycles. The third-order valence-corrected chi connectivity index (χ3v) is 3.62. The van der Waals surface area contributed by atoms with Crippen LogP contribution in [0.2, 0.25) is 0 Å². The first-order valence-electron chi connectivity index (χ1n) is 7.06. The standard InChI is InChI=1S/C17H15N3O3/c1-10-4-3-9-20-14(11(2)18-15(10)20)16(21)19-13-7-5-12(6-8-13)17(22)23/h3-9H,1-2H3,(H,19,21)(H,22,23). The molecule has 6 heteroatoms. The molecule has 116 valence electrons. The molecule has 0 unspecified atom stereocenters. The summed E-state index contributed by atoms with van der Waals surface area (Å²) in [6.45, 7) is 3.73. The van der Waals surface area contributed by atoms with Gasteiger partial charge in [-0.15, -0.1) is 0 Å². The fourth-order valence-corrected chi connectivity index (χ4v) is 2.48. The Hall–Kier alpha value is -3.15. The number of carbonyl (C=O) groups excluding carboxylic acids is 1. The Morgan fingerprint density at radius 3 is 2.48 bits per heavy atom. The number of imidazole rings is 1. The quantitative estimate of drug-likeness (QED) is 0.779. The van der Waals surface area contributed by atoms with Gasteiger partial charge in [-0.2, -0.15) is 0 Å². The Labute approximate surface area is 132 Å². The van der Waals surface area contributed by atoms with Gasteiger partial charge in [-0.3, -0.25) is 9.20 Å². The molecule has 3 aromatic rings. The van der Waals surface area contributed by atoms with Gasteiger partial charge in [0.2, 0.25) is 0 Å². The molecule has 0 aliphatic rings. The second-order valence-electron chi connectivity index (χ2n) is 5.27. The maximum Gasteiger partial charge on any atom is 0.335 e. The lowest BCUT2D eigenvalue weighted by Gasteiger charge is -2.07. The molecule has 2 aromatic heterocycles. The van der Waals surface area contributed by atoms with Crippen molar-refractivity contribution in [1.82, 2.24) is 9.38 Å². The van der Waals surface area contributed by atoms with Gasteiger partial charge in [0.25, 0.3) is 5.91 Å². The molecule has 0 radical (unpaired) electrons. The number of carbonyl (C=O) groups is 2. The van der Waals surface area contributed by atoms with Gasteiger partial charge in [-0.1, -0.05) is 6.07 Å². The lowest BCUT2D eigenvalue weighted by atomic mass is 10.2. The topological polar surface area (TPSA) is 83.7 Å². The molecule has 0 fully saturated rings. The average molecular weight is 309 g/mol. The van der Waals surface area contributed by atoms with E-state index in [1.807, 2.05) is 19.1 Å². The summed E-state index contributed by atoms with van der Waals surface area (Å²) in [6.07, 6.45) is 1.80. The molecule has 0 saturated heterocycles. The van der Waals surface area contributed by atoms with Crippen LogP contribution in [-0.2, 0) is 0 Å². The minimum absolute atomic E-state index is 0.171. The normalized spacial score (nSPS) is 10.7. The summed E-state index contributed by atoms with van der Waals surface area (Å²) in [7, 11) is 0. The van der Waals surface area contributed by atoms with E-state index >= 15 is 0 Å². The van der Waals surface area contributed by atoms with Crippen LogP contribution in [0.4, 0.5) is 5.69 Å². The second kappa shape index (κ2) is 5.57. The zero-order chi connectivity index (χ0) is 16.6. The number of benzene rings is 1. The van der Waals surface area contributed by atoms with Crippen molar-refractivity contribution in [2.75, 3.05) is 5.32 Å². The number of fused-ring (bicyclic) bond motifs is 1. The van der Waals surface area contributed by atoms with E-state index in [1.54, 1.807) is 29.7 Å². The van der Waals surface area contributed by atoms with Crippen molar-refractivity contribution in [2.24, 2.45) is 0 Å². The molecule has 0 saturated carbocycles. The van der Waals surface area contributed by atoms with Crippen LogP contribution in [0.1, 0.15) is 32.1 Å². The van der Waals surface area contributed by atoms with Crippen LogP contribution in [0.25, 0.3) is 5.65 Å². The van der Waals surface area contributed by atoms with Crippen molar-refractivity contribution in [3.05, 3.63) is 65.1 Å². The summed E-state index contributed by atoms with van der Waals surface area (Å²) in [5, 5.41) is 11.7. The molecule has 0 spiro atoms. The second-order valence-corrected chi connectivity index (χ2v) is 5.27. The number of carboxylic acid groups (broad SMARTS) is 1. The highest BCUT2D eigenvalue weighted by Gasteiger charge is 2.17. The number of amides is 1. The van der Waals surface area contributed by atoms with E-state index in [2.05, 4.69) is 10.3 Å². The predicted molar refractivity (Wildman–Crippen MR) is 86.0 cm³/mol. The minimum Gasteiger partial charge on any atom is -0.478 e. The summed E-state index contributed by atoms with van der Waals surface area (Å²) in [5.41, 5.74) is 3.54. The Kier molecular flexibility index (Phi) is 3.57. The molecule has 0 atom stereocenters. The highest BCUT2D eigenvalue weighted by atomic mass is 16.4. The zero-order valence-corrected chi connectivity index (χ0v) is 12.7. The number of nitrogens with one attached hydrogen (secondary N) is 1. The van der Waals surface area contributed by atoms with E-state index < -0.39 is 5.97 Å². The van der Waals surface area contributed by atoms with Gasteiger partial charge in [-0.05, 0) is 49.7 Å². The summed E-state index contributed by atoms with van der Waals surface area (Å²) in [5.74, 6) is -1.29. The zero-order valence-electron chi connectivity index (χ0n) is 12.7. The van der Waals surface area contributed by atoms with Crippen molar-refractivity contribution in [3.8, 4) is 0 Å². The minimum atomic E-state index is -1.00. The van der Waals surface area contributed by atoms with Gasteiger partial charge in [0.05, 0.1) is 11.3 Å². The van der Waals surface area contributed by atoms with Crippen LogP contribution in [0.5, 0.6) is 0 Å². The van der Waals surface area contributed by atoms with E-state index in [1.165, 1.54) is 12.1 Å². The summed E-state index contributed by atoms with van der Waals surface area (Å²) < 4.78 is 1.76. The Bertz CT molecular complexity index is 911. The molecule has 0 bridgehead atoms. The number of aryl methyl sites for hydroxylation is 2. The van der Waals surface area contributed by atoms with E-state index in [4.69, 9.17) is 5.11 Å². The molecule has 1 aromatic carbocycles. The largest absolute Gasteiger partial charge is 0.478 e. The number of carboxylic acids is 1. The molecule has 23 heavy (non-hydrogen) atoms. The van der Waals surface area contributed by atoms with Crippen LogP contribution >= 0.6 is 0 Å². The van der Waals surface area contributed by atoms with Gasteiger partial charge >= 0.3 is 5.97 Å². The molecule has 3 rings (SSSR count). The fourth-order valence-electron chi connectivity index (χ4n) is 2.48. The van der Waals surface area contributed by atoms with E-state index in [9.17, 15) is 9.59 Å². The number of rotatable bonds is 3. The number of hydrogen-bond acceptors (Lipinski definition) is 3. The fraction of sp³-hybridized carbons (Fsp3) is 0.118. The number of aromatic carboxylic acids is 1.